The summed E-state index contributed by atoms with van der Waals surface area (Å²) in [6, 6.07) is 6.98. The molecule has 10 heteroatoms. The van der Waals surface area contributed by atoms with E-state index in [4.69, 9.17) is 0 Å². The van der Waals surface area contributed by atoms with Crippen LogP contribution in [0.25, 0.3) is 22.6 Å². The maximum Gasteiger partial charge on any atom is 0.422 e. The number of carboxylic acid groups (broad SMARTS) is 1. The molecule has 3 rings (SSSR count). The zero-order valence-electron chi connectivity index (χ0n) is 13.9. The Labute approximate surface area is 151 Å². The summed E-state index contributed by atoms with van der Waals surface area (Å²) in [7, 11) is 1.70. The van der Waals surface area contributed by atoms with E-state index in [2.05, 4.69) is 19.8 Å². The van der Waals surface area contributed by atoms with Gasteiger partial charge in [-0.3, -0.25) is 4.68 Å². The van der Waals surface area contributed by atoms with Crippen molar-refractivity contribution in [2.24, 2.45) is 7.05 Å². The number of aryl methyl sites for hydroxylation is 1. The minimum Gasteiger partial charge on any atom is -0.484 e. The average Bonchev–Trinajstić information content (AvgIpc) is 3.06. The van der Waals surface area contributed by atoms with Crippen LogP contribution in [-0.4, -0.2) is 43.6 Å². The topological polar surface area (TPSA) is 90.1 Å². The van der Waals surface area contributed by atoms with Crippen molar-refractivity contribution < 1.29 is 27.8 Å². The van der Waals surface area contributed by atoms with Gasteiger partial charge in [0.2, 0.25) is 0 Å². The number of aromatic nitrogens is 4. The van der Waals surface area contributed by atoms with Gasteiger partial charge in [-0.1, -0.05) is 0 Å². The van der Waals surface area contributed by atoms with Gasteiger partial charge in [0.15, 0.2) is 18.1 Å². The summed E-state index contributed by atoms with van der Waals surface area (Å²) >= 11 is 0. The van der Waals surface area contributed by atoms with Crippen molar-refractivity contribution >= 4 is 5.97 Å². The molecule has 27 heavy (non-hydrogen) atoms. The number of benzene rings is 1. The van der Waals surface area contributed by atoms with E-state index in [9.17, 15) is 23.1 Å². The largest absolute Gasteiger partial charge is 0.484 e. The van der Waals surface area contributed by atoms with Gasteiger partial charge >= 0.3 is 12.1 Å². The highest BCUT2D eigenvalue weighted by atomic mass is 19.4. The maximum atomic E-state index is 12.2. The third-order valence-electron chi connectivity index (χ3n) is 3.46. The Hall–Kier alpha value is -3.43. The average molecular weight is 378 g/mol. The van der Waals surface area contributed by atoms with Gasteiger partial charge in [0.25, 0.3) is 0 Å². The highest BCUT2D eigenvalue weighted by molar-refractivity contribution is 5.87. The number of carboxylic acids is 1. The molecule has 1 N–H and O–H groups in total. The van der Waals surface area contributed by atoms with Gasteiger partial charge in [-0.2, -0.15) is 18.3 Å². The third-order valence-corrected chi connectivity index (χ3v) is 3.46. The van der Waals surface area contributed by atoms with Crippen LogP contribution in [0.2, 0.25) is 0 Å². The van der Waals surface area contributed by atoms with Gasteiger partial charge in [-0.25, -0.2) is 14.8 Å². The van der Waals surface area contributed by atoms with E-state index in [0.717, 1.165) is 0 Å². The van der Waals surface area contributed by atoms with Crippen LogP contribution >= 0.6 is 0 Å². The molecule has 0 aliphatic heterocycles. The molecule has 0 unspecified atom stereocenters. The number of alkyl halides is 3. The standard InChI is InChI=1S/C17H13F3N4O3/c1-24-8-11(7-21-24)15-22-13(6-14(23-15)16(25)26)10-2-4-12(5-3-10)27-9-17(18,19)20/h2-8H,9H2,1H3,(H,25,26). The van der Waals surface area contributed by atoms with Gasteiger partial charge in [0.1, 0.15) is 5.75 Å². The quantitative estimate of drug-likeness (QED) is 0.733. The molecular weight excluding hydrogens is 365 g/mol. The molecule has 0 bridgehead atoms. The Bertz CT molecular complexity index is 968. The Kier molecular flexibility index (Phi) is 4.80. The fourth-order valence-electron chi connectivity index (χ4n) is 2.26. The number of rotatable bonds is 5. The summed E-state index contributed by atoms with van der Waals surface area (Å²) in [6.45, 7) is -1.39. The molecule has 3 aromatic rings. The first-order valence-electron chi connectivity index (χ1n) is 7.63. The second kappa shape index (κ2) is 7.06. The molecule has 2 aromatic heterocycles. The molecule has 1 aromatic carbocycles. The van der Waals surface area contributed by atoms with Gasteiger partial charge < -0.3 is 9.84 Å². The second-order valence-corrected chi connectivity index (χ2v) is 5.60. The van der Waals surface area contributed by atoms with E-state index in [-0.39, 0.29) is 17.3 Å². The Balaban J connectivity index is 1.93. The normalized spacial score (nSPS) is 11.4. The minimum absolute atomic E-state index is 0.0380. The Morgan fingerprint density at radius 3 is 2.44 bits per heavy atom. The lowest BCUT2D eigenvalue weighted by Crippen LogP contribution is -2.19. The van der Waals surface area contributed by atoms with Crippen LogP contribution in [0.5, 0.6) is 5.75 Å². The molecule has 0 aliphatic rings. The van der Waals surface area contributed by atoms with Crippen LogP contribution in [0.3, 0.4) is 0 Å². The van der Waals surface area contributed by atoms with Crippen LogP contribution in [0.4, 0.5) is 13.2 Å². The van der Waals surface area contributed by atoms with Gasteiger partial charge in [0.05, 0.1) is 17.5 Å². The van der Waals surface area contributed by atoms with Crippen molar-refractivity contribution in [3.05, 3.63) is 48.4 Å². The van der Waals surface area contributed by atoms with E-state index in [1.54, 1.807) is 13.2 Å². The van der Waals surface area contributed by atoms with Crippen LogP contribution in [0.1, 0.15) is 10.5 Å². The molecule has 0 atom stereocenters. The van der Waals surface area contributed by atoms with Crippen molar-refractivity contribution in [2.45, 2.75) is 6.18 Å². The van der Waals surface area contributed by atoms with Crippen LogP contribution in [0.15, 0.2) is 42.7 Å². The zero-order valence-corrected chi connectivity index (χ0v) is 13.9. The SMILES string of the molecule is Cn1cc(-c2nc(C(=O)O)cc(-c3ccc(OCC(F)(F)F)cc3)n2)cn1. The lowest BCUT2D eigenvalue weighted by atomic mass is 10.1. The molecule has 0 saturated carbocycles. The van der Waals surface area contributed by atoms with Crippen molar-refractivity contribution in [3.63, 3.8) is 0 Å². The van der Waals surface area contributed by atoms with E-state index in [0.29, 0.717) is 16.8 Å². The summed E-state index contributed by atoms with van der Waals surface area (Å²) < 4.78 is 42.8. The molecule has 7 nitrogen and oxygen atoms in total. The molecule has 0 spiro atoms. The smallest absolute Gasteiger partial charge is 0.422 e. The molecule has 0 radical (unpaired) electrons. The van der Waals surface area contributed by atoms with Crippen molar-refractivity contribution in [1.29, 1.82) is 0 Å². The molecule has 2 heterocycles. The first-order chi connectivity index (χ1) is 12.7. The first kappa shape index (κ1) is 18.4. The number of aromatic carboxylic acids is 1. The highest BCUT2D eigenvalue weighted by Crippen LogP contribution is 2.25. The van der Waals surface area contributed by atoms with Gasteiger partial charge in [-0.05, 0) is 30.3 Å². The second-order valence-electron chi connectivity index (χ2n) is 5.60. The molecule has 0 saturated heterocycles. The highest BCUT2D eigenvalue weighted by Gasteiger charge is 2.28. The summed E-state index contributed by atoms with van der Waals surface area (Å²) in [6.07, 6.45) is -1.29. The van der Waals surface area contributed by atoms with Crippen molar-refractivity contribution in [2.75, 3.05) is 6.61 Å². The summed E-state index contributed by atoms with van der Waals surface area (Å²) in [5.41, 5.74) is 1.14. The summed E-state index contributed by atoms with van der Waals surface area (Å²) in [4.78, 5) is 19.7. The minimum atomic E-state index is -4.43. The number of hydrogen-bond acceptors (Lipinski definition) is 5. The fraction of sp³-hybridized carbons (Fsp3) is 0.176. The molecule has 0 fully saturated rings. The van der Waals surface area contributed by atoms with Gasteiger partial charge in [0, 0.05) is 18.8 Å². The van der Waals surface area contributed by atoms with E-state index in [1.807, 2.05) is 0 Å². The number of halogens is 3. The molecular formula is C17H13F3N4O3. The van der Waals surface area contributed by atoms with Gasteiger partial charge in [-0.15, -0.1) is 0 Å². The molecule has 0 amide bonds. The number of carbonyl (C=O) groups is 1. The predicted octanol–water partition coefficient (Wildman–Crippen LogP) is 3.18. The summed E-state index contributed by atoms with van der Waals surface area (Å²) in [5.74, 6) is -1.01. The molecule has 140 valence electrons. The number of nitrogens with zero attached hydrogens (tertiary/aromatic N) is 4. The van der Waals surface area contributed by atoms with E-state index in [1.165, 1.54) is 41.2 Å². The number of ether oxygens (including phenoxy) is 1. The monoisotopic (exact) mass is 378 g/mol. The lowest BCUT2D eigenvalue weighted by Gasteiger charge is -2.10. The third kappa shape index (κ3) is 4.60. The predicted molar refractivity (Wildman–Crippen MR) is 88.2 cm³/mol. The fourth-order valence-corrected chi connectivity index (χ4v) is 2.26. The van der Waals surface area contributed by atoms with Crippen molar-refractivity contribution in [3.8, 4) is 28.4 Å². The zero-order chi connectivity index (χ0) is 19.6. The lowest BCUT2D eigenvalue weighted by molar-refractivity contribution is -0.153. The maximum absolute atomic E-state index is 12.2. The van der Waals surface area contributed by atoms with E-state index >= 15 is 0 Å². The van der Waals surface area contributed by atoms with Crippen LogP contribution in [0, 0.1) is 0 Å². The first-order valence-corrected chi connectivity index (χ1v) is 7.63. The Morgan fingerprint density at radius 2 is 1.89 bits per heavy atom. The van der Waals surface area contributed by atoms with Crippen LogP contribution in [-0.2, 0) is 7.05 Å². The van der Waals surface area contributed by atoms with E-state index < -0.39 is 18.8 Å². The summed E-state index contributed by atoms with van der Waals surface area (Å²) in [5, 5.41) is 13.3. The molecule has 0 aliphatic carbocycles. The number of hydrogen-bond donors (Lipinski definition) is 1. The Morgan fingerprint density at radius 1 is 1.19 bits per heavy atom. The van der Waals surface area contributed by atoms with Crippen LogP contribution < -0.4 is 4.74 Å². The van der Waals surface area contributed by atoms with Crippen molar-refractivity contribution in [1.82, 2.24) is 19.7 Å².